The minimum absolute atomic E-state index is 0.131. The second kappa shape index (κ2) is 8.93. The normalized spacial score (nSPS) is 13.1. The lowest BCUT2D eigenvalue weighted by molar-refractivity contribution is -0.663. The summed E-state index contributed by atoms with van der Waals surface area (Å²) in [6, 6.07) is 13.3. The van der Waals surface area contributed by atoms with Crippen molar-refractivity contribution in [2.24, 2.45) is 0 Å². The van der Waals surface area contributed by atoms with Crippen molar-refractivity contribution >= 4 is 5.91 Å². The molecule has 0 aliphatic carbocycles. The molecular formula is C21H26N5O3+. The van der Waals surface area contributed by atoms with Crippen LogP contribution in [0, 0.1) is 6.92 Å². The van der Waals surface area contributed by atoms with E-state index in [9.17, 15) is 9.90 Å². The molecule has 29 heavy (non-hydrogen) atoms. The lowest BCUT2D eigenvalue weighted by atomic mass is 10.0. The van der Waals surface area contributed by atoms with Crippen LogP contribution < -0.4 is 10.00 Å². The maximum atomic E-state index is 12.7. The molecule has 1 amide bonds. The molecule has 0 saturated heterocycles. The molecule has 0 aliphatic rings. The molecular weight excluding hydrogens is 370 g/mol. The van der Waals surface area contributed by atoms with Crippen LogP contribution in [0.15, 0.2) is 48.8 Å². The Balaban J connectivity index is 2.06. The van der Waals surface area contributed by atoms with E-state index in [2.05, 4.69) is 15.6 Å². The summed E-state index contributed by atoms with van der Waals surface area (Å²) in [5.41, 5.74) is 4.19. The van der Waals surface area contributed by atoms with Gasteiger partial charge in [0, 0.05) is 30.4 Å². The third-order valence-electron chi connectivity index (χ3n) is 4.61. The molecule has 0 spiro atoms. The number of hydrogen-bond donors (Lipinski definition) is 2. The molecule has 2 atom stereocenters. The van der Waals surface area contributed by atoms with Gasteiger partial charge >= 0.3 is 0 Å². The summed E-state index contributed by atoms with van der Waals surface area (Å²) in [6.07, 6.45) is 1.26. The van der Waals surface area contributed by atoms with Gasteiger partial charge in [0.1, 0.15) is 5.69 Å². The van der Waals surface area contributed by atoms with Crippen LogP contribution in [-0.2, 0) is 4.74 Å². The smallest absolute Gasteiger partial charge is 0.291 e. The number of amides is 1. The predicted octanol–water partition coefficient (Wildman–Crippen LogP) is 1.81. The van der Waals surface area contributed by atoms with Crippen molar-refractivity contribution < 1.29 is 19.3 Å². The molecule has 0 radical (unpaired) electrons. The van der Waals surface area contributed by atoms with Gasteiger partial charge in [-0.25, -0.2) is 0 Å². The third-order valence-corrected chi connectivity index (χ3v) is 4.61. The molecule has 0 saturated carbocycles. The van der Waals surface area contributed by atoms with Crippen LogP contribution in [0.3, 0.4) is 0 Å². The maximum absolute atomic E-state index is 12.7. The van der Waals surface area contributed by atoms with E-state index in [0.29, 0.717) is 11.3 Å². The molecule has 0 fully saturated rings. The molecule has 2 aromatic carbocycles. The molecule has 3 aromatic rings. The number of methoxy groups -OCH3 is 1. The highest BCUT2D eigenvalue weighted by atomic mass is 16.5. The van der Waals surface area contributed by atoms with Crippen molar-refractivity contribution in [1.82, 2.24) is 20.4 Å². The predicted molar refractivity (Wildman–Crippen MR) is 107 cm³/mol. The first kappa shape index (κ1) is 20.6. The van der Waals surface area contributed by atoms with Gasteiger partial charge < -0.3 is 15.2 Å². The van der Waals surface area contributed by atoms with Crippen LogP contribution in [0.4, 0.5) is 0 Å². The van der Waals surface area contributed by atoms with Crippen LogP contribution in [0.25, 0.3) is 16.8 Å². The van der Waals surface area contributed by atoms with Crippen molar-refractivity contribution in [3.63, 3.8) is 0 Å². The van der Waals surface area contributed by atoms with Gasteiger partial charge in [0.15, 0.2) is 0 Å². The number of aliphatic hydroxyl groups is 1. The number of benzene rings is 2. The lowest BCUT2D eigenvalue weighted by Gasteiger charge is -2.12. The Morgan fingerprint density at radius 2 is 1.93 bits per heavy atom. The van der Waals surface area contributed by atoms with Crippen molar-refractivity contribution in [2.45, 2.75) is 33.0 Å². The van der Waals surface area contributed by atoms with Gasteiger partial charge in [0.25, 0.3) is 12.2 Å². The lowest BCUT2D eigenvalue weighted by Crippen LogP contribution is -2.36. The quantitative estimate of drug-likeness (QED) is 0.594. The first-order chi connectivity index (χ1) is 13.9. The van der Waals surface area contributed by atoms with Crippen LogP contribution in [0.2, 0.25) is 0 Å². The number of carbonyl (C=O) groups excluding carboxylic acids is 1. The zero-order valence-electron chi connectivity index (χ0n) is 17.0. The molecule has 8 nitrogen and oxygen atoms in total. The molecule has 1 aromatic heterocycles. The number of carbonyl (C=O) groups is 1. The van der Waals surface area contributed by atoms with Crippen LogP contribution in [0.1, 0.15) is 36.0 Å². The Labute approximate surface area is 169 Å². The molecule has 2 N–H and O–H groups in total. The molecule has 0 unspecified atom stereocenters. The number of tetrazole rings is 1. The van der Waals surface area contributed by atoms with Crippen molar-refractivity contribution in [3.8, 4) is 16.8 Å². The van der Waals surface area contributed by atoms with Crippen LogP contribution >= 0.6 is 0 Å². The van der Waals surface area contributed by atoms with Gasteiger partial charge in [-0.1, -0.05) is 29.8 Å². The average molecular weight is 396 g/mol. The highest BCUT2D eigenvalue weighted by Gasteiger charge is 2.19. The Morgan fingerprint density at radius 3 is 2.59 bits per heavy atom. The Bertz CT molecular complexity index is 984. The molecule has 0 bridgehead atoms. The van der Waals surface area contributed by atoms with E-state index in [1.807, 2.05) is 50.2 Å². The summed E-state index contributed by atoms with van der Waals surface area (Å²) in [5, 5.41) is 20.7. The van der Waals surface area contributed by atoms with Gasteiger partial charge in [-0.05, 0) is 43.2 Å². The van der Waals surface area contributed by atoms with Gasteiger partial charge in [-0.15, -0.1) is 4.68 Å². The number of aliphatic hydroxyl groups excluding tert-OH is 1. The Kier molecular flexibility index (Phi) is 6.36. The topological polar surface area (TPSA) is 93.2 Å². The fraction of sp³-hybridized carbons (Fsp3) is 0.333. The Hall–Kier alpha value is -3.10. The maximum Gasteiger partial charge on any atom is 0.291 e. The van der Waals surface area contributed by atoms with Gasteiger partial charge in [0.05, 0.1) is 16.9 Å². The fourth-order valence-corrected chi connectivity index (χ4v) is 2.77. The van der Waals surface area contributed by atoms with E-state index in [-0.39, 0.29) is 24.8 Å². The highest BCUT2D eigenvalue weighted by molar-refractivity contribution is 5.96. The number of nitrogens with one attached hydrogen (secondary N) is 1. The number of aryl methyl sites for hydroxylation is 1. The zero-order chi connectivity index (χ0) is 21.0. The van der Waals surface area contributed by atoms with E-state index in [4.69, 9.17) is 4.74 Å². The first-order valence-electron chi connectivity index (χ1n) is 9.42. The van der Waals surface area contributed by atoms with Crippen LogP contribution in [0.5, 0.6) is 0 Å². The second-order valence-electron chi connectivity index (χ2n) is 7.01. The zero-order valence-corrected chi connectivity index (χ0v) is 17.0. The van der Waals surface area contributed by atoms with Crippen LogP contribution in [-0.4, -0.2) is 45.9 Å². The van der Waals surface area contributed by atoms with Gasteiger partial charge in [0.2, 0.25) is 6.23 Å². The van der Waals surface area contributed by atoms with E-state index in [1.165, 1.54) is 4.80 Å². The van der Waals surface area contributed by atoms with Crippen molar-refractivity contribution in [2.75, 3.05) is 13.7 Å². The summed E-state index contributed by atoms with van der Waals surface area (Å²) in [7, 11) is 1.58. The summed E-state index contributed by atoms with van der Waals surface area (Å²) in [4.78, 5) is 14.2. The second-order valence-corrected chi connectivity index (χ2v) is 7.01. The minimum Gasteiger partial charge on any atom is -0.394 e. The number of rotatable bonds is 7. The molecule has 152 valence electrons. The van der Waals surface area contributed by atoms with E-state index < -0.39 is 0 Å². The monoisotopic (exact) mass is 396 g/mol. The molecule has 0 aliphatic heterocycles. The summed E-state index contributed by atoms with van der Waals surface area (Å²) in [5.74, 6) is -0.264. The summed E-state index contributed by atoms with van der Waals surface area (Å²) < 4.78 is 6.84. The third kappa shape index (κ3) is 4.85. The number of nitrogens with zero attached hydrogens (tertiary/aromatic N) is 4. The molecule has 8 heteroatoms. The SMILES string of the molecule is CO[C@@H](C)n1nc[n+](-c2cc(C(=O)N[C@@H](C)CO)cc(-c3ccc(C)cc3)c2)n1. The highest BCUT2D eigenvalue weighted by Crippen LogP contribution is 2.23. The number of hydrogen-bond acceptors (Lipinski definition) is 5. The minimum atomic E-state index is -0.343. The van der Waals surface area contributed by atoms with Gasteiger partial charge in [-0.3, -0.25) is 4.79 Å². The molecule has 3 rings (SSSR count). The first-order valence-corrected chi connectivity index (χ1v) is 9.42. The number of ether oxygens (including phenoxy) is 1. The largest absolute Gasteiger partial charge is 0.394 e. The standard InChI is InChI=1S/C21H25N5O3/c1-14-5-7-17(8-6-14)18-9-19(21(28)23-15(2)12-27)11-20(10-18)25-13-22-26(24-25)16(3)29-4/h5-11,13,15-16,27H,12H2,1-4H3/p+1/t15-,16-/m0/s1. The fourth-order valence-electron chi connectivity index (χ4n) is 2.77. The van der Waals surface area contributed by atoms with Gasteiger partial charge in [-0.2, -0.15) is 0 Å². The van der Waals surface area contributed by atoms with E-state index in [0.717, 1.165) is 16.7 Å². The van der Waals surface area contributed by atoms with E-state index in [1.54, 1.807) is 31.1 Å². The average Bonchev–Trinajstić information content (AvgIpc) is 3.23. The summed E-state index contributed by atoms with van der Waals surface area (Å²) >= 11 is 0. The van der Waals surface area contributed by atoms with Crippen molar-refractivity contribution in [1.29, 1.82) is 0 Å². The van der Waals surface area contributed by atoms with E-state index >= 15 is 0 Å². The molecule has 1 heterocycles. The summed E-state index contributed by atoms with van der Waals surface area (Å²) in [6.45, 7) is 5.48. The number of aromatic nitrogens is 4. The van der Waals surface area contributed by atoms with Crippen molar-refractivity contribution in [3.05, 3.63) is 59.9 Å². The Morgan fingerprint density at radius 1 is 1.21 bits per heavy atom.